The van der Waals surface area contributed by atoms with Crippen molar-refractivity contribution in [3.05, 3.63) is 23.3 Å². The highest BCUT2D eigenvalue weighted by Crippen LogP contribution is 2.35. The van der Waals surface area contributed by atoms with E-state index in [1.165, 1.54) is 11.8 Å². The number of benzene rings is 1. The van der Waals surface area contributed by atoms with Crippen molar-refractivity contribution < 1.29 is 19.1 Å². The number of carbonyl (C=O) groups excluding carboxylic acids is 2. The zero-order valence-electron chi connectivity index (χ0n) is 14.0. The molecule has 1 fully saturated rings. The second kappa shape index (κ2) is 7.34. The molecule has 0 spiro atoms. The van der Waals surface area contributed by atoms with E-state index in [4.69, 9.17) is 9.47 Å². The molecule has 24 heavy (non-hydrogen) atoms. The number of amides is 2. The monoisotopic (exact) mass is 350 g/mol. The molecular weight excluding hydrogens is 328 g/mol. The summed E-state index contributed by atoms with van der Waals surface area (Å²) < 4.78 is 11.5. The Kier molecular flexibility index (Phi) is 5.18. The molecule has 0 bridgehead atoms. The van der Waals surface area contributed by atoms with Gasteiger partial charge in [0, 0.05) is 36.4 Å². The van der Waals surface area contributed by atoms with Gasteiger partial charge in [0.1, 0.15) is 24.1 Å². The zero-order chi connectivity index (χ0) is 17.1. The second-order valence-electron chi connectivity index (χ2n) is 5.95. The highest BCUT2D eigenvalue weighted by molar-refractivity contribution is 8.13. The van der Waals surface area contributed by atoms with Crippen LogP contribution in [-0.4, -0.2) is 47.6 Å². The molecule has 130 valence electrons. The summed E-state index contributed by atoms with van der Waals surface area (Å²) in [5, 5.41) is 2.84. The van der Waals surface area contributed by atoms with Gasteiger partial charge >= 0.3 is 0 Å². The molecule has 2 aliphatic rings. The molecule has 0 aromatic heterocycles. The summed E-state index contributed by atoms with van der Waals surface area (Å²) >= 11 is 1.25. The lowest BCUT2D eigenvalue weighted by Gasteiger charge is -2.16. The molecule has 3 rings (SSSR count). The van der Waals surface area contributed by atoms with Gasteiger partial charge in [0.2, 0.25) is 5.91 Å². The number of carbonyl (C=O) groups is 2. The van der Waals surface area contributed by atoms with Gasteiger partial charge in [0.15, 0.2) is 0 Å². The molecule has 2 amide bonds. The Labute approximate surface area is 145 Å². The lowest BCUT2D eigenvalue weighted by Crippen LogP contribution is -2.37. The first kappa shape index (κ1) is 17.0. The van der Waals surface area contributed by atoms with Crippen LogP contribution in [0.25, 0.3) is 0 Å². The number of hydrogen-bond donors (Lipinski definition) is 1. The van der Waals surface area contributed by atoms with Gasteiger partial charge in [-0.2, -0.15) is 0 Å². The van der Waals surface area contributed by atoms with Crippen molar-refractivity contribution in [3.8, 4) is 11.5 Å². The number of thioether (sulfide) groups is 1. The summed E-state index contributed by atoms with van der Waals surface area (Å²) in [6, 6.07) is 3.95. The molecule has 6 nitrogen and oxygen atoms in total. The minimum atomic E-state index is -0.164. The summed E-state index contributed by atoms with van der Waals surface area (Å²) in [6.07, 6.45) is 1.04. The van der Waals surface area contributed by atoms with Gasteiger partial charge < -0.3 is 19.7 Å². The smallest absolute Gasteiger partial charge is 0.282 e. The van der Waals surface area contributed by atoms with Gasteiger partial charge in [0.05, 0.1) is 6.61 Å². The maximum absolute atomic E-state index is 12.1. The number of nitrogens with zero attached hydrogens (tertiary/aromatic N) is 1. The quantitative estimate of drug-likeness (QED) is 0.852. The molecular formula is C17H22N2O4S. The average Bonchev–Trinajstić information content (AvgIpc) is 3.10. The fraction of sp³-hybridized carbons (Fsp3) is 0.529. The molecule has 7 heteroatoms. The van der Waals surface area contributed by atoms with E-state index in [-0.39, 0.29) is 23.8 Å². The average molecular weight is 350 g/mol. The van der Waals surface area contributed by atoms with Crippen LogP contribution in [0, 0.1) is 0 Å². The van der Waals surface area contributed by atoms with Crippen LogP contribution in [0.1, 0.15) is 25.0 Å². The van der Waals surface area contributed by atoms with Gasteiger partial charge in [-0.25, -0.2) is 0 Å². The van der Waals surface area contributed by atoms with E-state index in [2.05, 4.69) is 5.32 Å². The van der Waals surface area contributed by atoms with Crippen LogP contribution >= 0.6 is 11.8 Å². The molecule has 0 saturated carbocycles. The second-order valence-corrected chi connectivity index (χ2v) is 6.99. The van der Waals surface area contributed by atoms with E-state index >= 15 is 0 Å². The summed E-state index contributed by atoms with van der Waals surface area (Å²) in [4.78, 5) is 25.2. The highest BCUT2D eigenvalue weighted by Gasteiger charge is 2.24. The van der Waals surface area contributed by atoms with E-state index in [1.807, 2.05) is 26.0 Å². The Morgan fingerprint density at radius 2 is 2.33 bits per heavy atom. The maximum Gasteiger partial charge on any atom is 0.282 e. The normalized spacial score (nSPS) is 19.2. The third-order valence-electron chi connectivity index (χ3n) is 4.03. The summed E-state index contributed by atoms with van der Waals surface area (Å²) in [7, 11) is 0. The van der Waals surface area contributed by atoms with Gasteiger partial charge in [-0.3, -0.25) is 9.59 Å². The predicted octanol–water partition coefficient (Wildman–Crippen LogP) is 2.19. The van der Waals surface area contributed by atoms with Crippen molar-refractivity contribution in [1.82, 2.24) is 10.2 Å². The van der Waals surface area contributed by atoms with Crippen molar-refractivity contribution in [1.29, 1.82) is 0 Å². The van der Waals surface area contributed by atoms with Crippen molar-refractivity contribution in [3.63, 3.8) is 0 Å². The number of rotatable bonds is 6. The molecule has 1 atom stereocenters. The van der Waals surface area contributed by atoms with Crippen LogP contribution in [0.5, 0.6) is 11.5 Å². The Balaban J connectivity index is 1.64. The molecule has 2 aliphatic heterocycles. The number of ether oxygens (including phenoxy) is 2. The molecule has 1 aromatic rings. The molecule has 1 N–H and O–H groups in total. The van der Waals surface area contributed by atoms with Crippen molar-refractivity contribution >= 4 is 22.9 Å². The van der Waals surface area contributed by atoms with Crippen LogP contribution in [0.3, 0.4) is 0 Å². The Morgan fingerprint density at radius 3 is 3.04 bits per heavy atom. The number of fused-ring (bicyclic) bond motifs is 1. The Bertz CT molecular complexity index is 650. The van der Waals surface area contributed by atoms with Gasteiger partial charge in [0.25, 0.3) is 5.24 Å². The van der Waals surface area contributed by atoms with E-state index in [0.29, 0.717) is 19.7 Å². The van der Waals surface area contributed by atoms with Crippen LogP contribution in [0.4, 0.5) is 4.79 Å². The lowest BCUT2D eigenvalue weighted by molar-refractivity contribution is -0.121. The largest absolute Gasteiger partial charge is 0.494 e. The molecule has 1 aromatic carbocycles. The number of hydrogen-bond acceptors (Lipinski definition) is 5. The Morgan fingerprint density at radius 1 is 1.50 bits per heavy atom. The topological polar surface area (TPSA) is 67.9 Å². The third kappa shape index (κ3) is 3.77. The van der Waals surface area contributed by atoms with E-state index < -0.39 is 0 Å². The summed E-state index contributed by atoms with van der Waals surface area (Å²) in [5.74, 6) is 2.23. The first-order valence-corrected chi connectivity index (χ1v) is 9.19. The summed E-state index contributed by atoms with van der Waals surface area (Å²) in [6.45, 7) is 5.63. The molecule has 1 unspecified atom stereocenters. The van der Waals surface area contributed by atoms with Crippen molar-refractivity contribution in [2.24, 2.45) is 0 Å². The van der Waals surface area contributed by atoms with Gasteiger partial charge in [-0.05, 0) is 26.0 Å². The van der Waals surface area contributed by atoms with Crippen molar-refractivity contribution in [2.75, 3.05) is 25.4 Å². The third-order valence-corrected chi connectivity index (χ3v) is 4.93. The van der Waals surface area contributed by atoms with E-state index in [0.717, 1.165) is 34.8 Å². The minimum absolute atomic E-state index is 0.0277. The van der Waals surface area contributed by atoms with Crippen LogP contribution in [0.2, 0.25) is 0 Å². The van der Waals surface area contributed by atoms with Crippen LogP contribution in [-0.2, 0) is 17.8 Å². The SMILES string of the molecule is CCOc1cc2c(cc1CNC(=O)CN1CCSC1=O)OC(C)C2. The predicted molar refractivity (Wildman–Crippen MR) is 92.7 cm³/mol. The standard InChI is InChI=1S/C17H22N2O4S/c1-3-22-14-7-12-6-11(2)23-15(12)8-13(14)9-18-16(20)10-19-4-5-24-17(19)21/h7-8,11H,3-6,9-10H2,1-2H3,(H,18,20). The van der Waals surface area contributed by atoms with E-state index in [9.17, 15) is 9.59 Å². The minimum Gasteiger partial charge on any atom is -0.494 e. The zero-order valence-corrected chi connectivity index (χ0v) is 14.8. The number of nitrogens with one attached hydrogen (secondary N) is 1. The van der Waals surface area contributed by atoms with Gasteiger partial charge in [-0.1, -0.05) is 11.8 Å². The molecule has 0 aliphatic carbocycles. The molecule has 0 radical (unpaired) electrons. The molecule has 2 heterocycles. The molecule has 1 saturated heterocycles. The van der Waals surface area contributed by atoms with Crippen LogP contribution < -0.4 is 14.8 Å². The maximum atomic E-state index is 12.1. The van der Waals surface area contributed by atoms with Crippen molar-refractivity contribution in [2.45, 2.75) is 32.9 Å². The highest BCUT2D eigenvalue weighted by atomic mass is 32.2. The first-order chi connectivity index (χ1) is 11.6. The lowest BCUT2D eigenvalue weighted by atomic mass is 10.1. The first-order valence-electron chi connectivity index (χ1n) is 8.20. The van der Waals surface area contributed by atoms with Gasteiger partial charge in [-0.15, -0.1) is 0 Å². The fourth-order valence-corrected chi connectivity index (χ4v) is 3.73. The fourth-order valence-electron chi connectivity index (χ4n) is 2.90. The van der Waals surface area contributed by atoms with E-state index in [1.54, 1.807) is 4.90 Å². The van der Waals surface area contributed by atoms with Crippen LogP contribution in [0.15, 0.2) is 12.1 Å². The Hall–Kier alpha value is -1.89. The summed E-state index contributed by atoms with van der Waals surface area (Å²) in [5.41, 5.74) is 2.03.